The zero-order valence-corrected chi connectivity index (χ0v) is 36.0. The van der Waals surface area contributed by atoms with Gasteiger partial charge in [0.05, 0.1) is 26.4 Å². The highest BCUT2D eigenvalue weighted by molar-refractivity contribution is 7.47. The van der Waals surface area contributed by atoms with Crippen LogP contribution in [-0.2, 0) is 27.9 Å². The summed E-state index contributed by atoms with van der Waals surface area (Å²) in [6, 6.07) is 0. The number of carbonyl (C=O) groups excluding carboxylic acids is 1. The van der Waals surface area contributed by atoms with Crippen molar-refractivity contribution in [2.75, 3.05) is 33.0 Å². The van der Waals surface area contributed by atoms with E-state index in [4.69, 9.17) is 23.6 Å². The summed E-state index contributed by atoms with van der Waals surface area (Å²) in [6.45, 7) is 3.22. The molecule has 0 amide bonds. The average molecular weight is 807 g/mol. The van der Waals surface area contributed by atoms with Crippen LogP contribution in [0.4, 0.5) is 0 Å². The smallest absolute Gasteiger partial charge is 0.457 e. The number of phosphoric ester groups is 1. The molecule has 0 saturated heterocycles. The Kier molecular flexibility index (Phi) is 40.5. The van der Waals surface area contributed by atoms with E-state index in [2.05, 4.69) is 98.9 Å². The molecule has 0 aromatic heterocycles. The number of phosphoric acid groups is 1. The molecule has 0 aliphatic heterocycles. The molecule has 0 bridgehead atoms. The Morgan fingerprint density at radius 3 is 1.45 bits per heavy atom. The topological polar surface area (TPSA) is 132 Å². The molecule has 9 nitrogen and oxygen atoms in total. The van der Waals surface area contributed by atoms with Gasteiger partial charge in [0.25, 0.3) is 0 Å². The molecule has 0 rings (SSSR count). The summed E-state index contributed by atoms with van der Waals surface area (Å²) >= 11 is 0. The fourth-order valence-corrected chi connectivity index (χ4v) is 6.15. The van der Waals surface area contributed by atoms with E-state index >= 15 is 0 Å². The molecule has 3 N–H and O–H groups in total. The van der Waals surface area contributed by atoms with Gasteiger partial charge in [0.2, 0.25) is 0 Å². The average Bonchev–Trinajstić information content (AvgIpc) is 3.19. The first-order valence-corrected chi connectivity index (χ1v) is 23.1. The van der Waals surface area contributed by atoms with Gasteiger partial charge < -0.3 is 24.6 Å². The van der Waals surface area contributed by atoms with Crippen LogP contribution in [-0.4, -0.2) is 66.3 Å². The predicted molar refractivity (Wildman–Crippen MR) is 232 cm³/mol. The Bertz CT molecular complexity index is 1140. The summed E-state index contributed by atoms with van der Waals surface area (Å²) in [5, 5.41) is 18.3. The molecule has 0 heterocycles. The van der Waals surface area contributed by atoms with Gasteiger partial charge in [-0.15, -0.1) is 0 Å². The van der Waals surface area contributed by atoms with Crippen LogP contribution in [0.25, 0.3) is 0 Å². The quantitative estimate of drug-likeness (QED) is 0.0240. The summed E-state index contributed by atoms with van der Waals surface area (Å²) in [4.78, 5) is 22.6. The minimum absolute atomic E-state index is 0.0287. The van der Waals surface area contributed by atoms with E-state index in [0.29, 0.717) is 13.0 Å². The maximum absolute atomic E-state index is 12.6. The van der Waals surface area contributed by atoms with Crippen molar-refractivity contribution >= 4 is 13.8 Å². The number of allylic oxidation sites excluding steroid dienone is 14. The van der Waals surface area contributed by atoms with Gasteiger partial charge in [-0.05, 0) is 83.5 Å². The summed E-state index contributed by atoms with van der Waals surface area (Å²) in [5.41, 5.74) is 0. The molecule has 56 heavy (non-hydrogen) atoms. The minimum Gasteiger partial charge on any atom is -0.457 e. The van der Waals surface area contributed by atoms with Gasteiger partial charge in [-0.25, -0.2) is 4.57 Å². The van der Waals surface area contributed by atoms with E-state index < -0.39 is 45.8 Å². The molecule has 0 radical (unpaired) electrons. The van der Waals surface area contributed by atoms with E-state index in [1.165, 1.54) is 32.1 Å². The zero-order valence-electron chi connectivity index (χ0n) is 35.1. The standard InChI is InChI=1S/C46H79O9P/c1-3-5-7-9-11-13-15-17-19-21-23-25-27-29-31-33-35-37-39-52-42-45(43-54-56(50,51)53-41-44(48)40-47)55-46(49)38-36-34-32-30-28-26-24-22-20-18-16-14-12-10-8-6-4-2/h5-8,11-14,17-20,24,26,44-45,47-48H,3-4,9-10,15-16,21-23,25,27-43H2,1-2H3,(H,50,51)/b7-5-,8-6-,13-11-,14-12-,19-17-,20-18-,26-24-. The highest BCUT2D eigenvalue weighted by Gasteiger charge is 2.26. The monoisotopic (exact) mass is 807 g/mol. The number of hydrogen-bond acceptors (Lipinski definition) is 8. The number of esters is 1. The number of ether oxygens (including phenoxy) is 2. The summed E-state index contributed by atoms with van der Waals surface area (Å²) in [7, 11) is -4.53. The van der Waals surface area contributed by atoms with Crippen LogP contribution in [0.1, 0.15) is 155 Å². The Balaban J connectivity index is 4.25. The first kappa shape index (κ1) is 53.6. The molecular weight excluding hydrogens is 727 g/mol. The first-order valence-electron chi connectivity index (χ1n) is 21.6. The van der Waals surface area contributed by atoms with Crippen LogP contribution in [0.15, 0.2) is 85.1 Å². The minimum atomic E-state index is -4.53. The molecule has 0 aliphatic rings. The van der Waals surface area contributed by atoms with Crippen molar-refractivity contribution in [3.05, 3.63) is 85.1 Å². The van der Waals surface area contributed by atoms with Gasteiger partial charge in [-0.2, -0.15) is 0 Å². The molecular formula is C46H79O9P. The molecule has 0 aromatic carbocycles. The second-order valence-electron chi connectivity index (χ2n) is 13.9. The number of carbonyl (C=O) groups is 1. The molecule has 0 saturated carbocycles. The molecule has 322 valence electrons. The van der Waals surface area contributed by atoms with Crippen molar-refractivity contribution in [3.63, 3.8) is 0 Å². The number of hydrogen-bond donors (Lipinski definition) is 3. The van der Waals surface area contributed by atoms with E-state index in [-0.39, 0.29) is 13.0 Å². The van der Waals surface area contributed by atoms with Crippen molar-refractivity contribution in [1.29, 1.82) is 0 Å². The fraction of sp³-hybridized carbons (Fsp3) is 0.674. The predicted octanol–water partition coefficient (Wildman–Crippen LogP) is 11.9. The largest absolute Gasteiger partial charge is 0.472 e. The van der Waals surface area contributed by atoms with Crippen molar-refractivity contribution in [3.8, 4) is 0 Å². The summed E-state index contributed by atoms with van der Waals surface area (Å²) in [5.74, 6) is -0.412. The van der Waals surface area contributed by atoms with Crippen LogP contribution in [0.3, 0.4) is 0 Å². The number of rotatable bonds is 40. The maximum atomic E-state index is 12.6. The molecule has 0 spiro atoms. The van der Waals surface area contributed by atoms with Crippen LogP contribution >= 0.6 is 7.82 Å². The second-order valence-corrected chi connectivity index (χ2v) is 15.4. The van der Waals surface area contributed by atoms with E-state index in [1.807, 2.05) is 0 Å². The number of unbranched alkanes of at least 4 members (excludes halogenated alkanes) is 12. The van der Waals surface area contributed by atoms with Gasteiger partial charge in [0.1, 0.15) is 12.2 Å². The van der Waals surface area contributed by atoms with Crippen LogP contribution in [0, 0.1) is 0 Å². The van der Waals surface area contributed by atoms with Gasteiger partial charge >= 0.3 is 13.8 Å². The van der Waals surface area contributed by atoms with Gasteiger partial charge in [0.15, 0.2) is 0 Å². The zero-order chi connectivity index (χ0) is 41.1. The Hall–Kier alpha value is -2.36. The number of aliphatic hydroxyl groups is 2. The molecule has 3 unspecified atom stereocenters. The highest BCUT2D eigenvalue weighted by atomic mass is 31.2. The van der Waals surface area contributed by atoms with E-state index in [9.17, 15) is 19.4 Å². The summed E-state index contributed by atoms with van der Waals surface area (Å²) in [6.07, 6.45) is 51.1. The third-order valence-electron chi connectivity index (χ3n) is 8.58. The Labute approximate surface area is 341 Å². The van der Waals surface area contributed by atoms with E-state index in [0.717, 1.165) is 96.3 Å². The number of aliphatic hydroxyl groups excluding tert-OH is 2. The lowest BCUT2D eigenvalue weighted by atomic mass is 10.1. The second kappa shape index (κ2) is 42.3. The first-order chi connectivity index (χ1) is 27.3. The normalized spacial score (nSPS) is 14.9. The van der Waals surface area contributed by atoms with Crippen molar-refractivity contribution in [2.45, 2.75) is 167 Å². The SMILES string of the molecule is CC/C=C\C/C=C\C/C=C\C/C=C\CCCCCCC(=O)OC(COCCCCCCCCCC/C=C\C/C=C\C/C=C\CC)COP(=O)(O)OCC(O)CO. The van der Waals surface area contributed by atoms with E-state index in [1.54, 1.807) is 0 Å². The molecule has 10 heteroatoms. The molecule has 0 aliphatic carbocycles. The molecule has 0 fully saturated rings. The van der Waals surface area contributed by atoms with Crippen LogP contribution in [0.2, 0.25) is 0 Å². The van der Waals surface area contributed by atoms with Crippen molar-refractivity contribution < 1.29 is 43.0 Å². The summed E-state index contributed by atoms with van der Waals surface area (Å²) < 4.78 is 33.3. The Morgan fingerprint density at radius 1 is 0.554 bits per heavy atom. The van der Waals surface area contributed by atoms with Gasteiger partial charge in [-0.3, -0.25) is 13.8 Å². The lowest BCUT2D eigenvalue weighted by Gasteiger charge is -2.20. The lowest BCUT2D eigenvalue weighted by Crippen LogP contribution is -2.29. The Morgan fingerprint density at radius 2 is 0.964 bits per heavy atom. The fourth-order valence-electron chi connectivity index (χ4n) is 5.36. The van der Waals surface area contributed by atoms with Crippen molar-refractivity contribution in [2.24, 2.45) is 0 Å². The maximum Gasteiger partial charge on any atom is 0.472 e. The third kappa shape index (κ3) is 41.3. The third-order valence-corrected chi connectivity index (χ3v) is 9.53. The van der Waals surface area contributed by atoms with Gasteiger partial charge in [-0.1, -0.05) is 150 Å². The van der Waals surface area contributed by atoms with Gasteiger partial charge in [0, 0.05) is 13.0 Å². The highest BCUT2D eigenvalue weighted by Crippen LogP contribution is 2.43. The van der Waals surface area contributed by atoms with Crippen molar-refractivity contribution in [1.82, 2.24) is 0 Å². The lowest BCUT2D eigenvalue weighted by molar-refractivity contribution is -0.154. The molecule has 0 aromatic rings. The van der Waals surface area contributed by atoms with Crippen LogP contribution < -0.4 is 0 Å². The van der Waals surface area contributed by atoms with Crippen LogP contribution in [0.5, 0.6) is 0 Å². The molecule has 3 atom stereocenters.